The van der Waals surface area contributed by atoms with Crippen LogP contribution in [0.15, 0.2) is 109 Å². The van der Waals surface area contributed by atoms with Gasteiger partial charge in [-0.2, -0.15) is 0 Å². The highest BCUT2D eigenvalue weighted by Crippen LogP contribution is 2.17. The van der Waals surface area contributed by atoms with Gasteiger partial charge in [0.2, 0.25) is 0 Å². The van der Waals surface area contributed by atoms with Crippen molar-refractivity contribution in [3.05, 3.63) is 109 Å². The molecule has 6 nitrogen and oxygen atoms in total. The first-order chi connectivity index (χ1) is 39.0. The van der Waals surface area contributed by atoms with Crippen molar-refractivity contribution in [2.45, 2.75) is 322 Å². The van der Waals surface area contributed by atoms with Crippen molar-refractivity contribution in [2.24, 2.45) is 0 Å². The minimum atomic E-state index is -0.783. The lowest BCUT2D eigenvalue weighted by atomic mass is 10.0. The number of carbonyl (C=O) groups excluding carboxylic acids is 3. The van der Waals surface area contributed by atoms with E-state index < -0.39 is 6.10 Å². The first kappa shape index (κ1) is 75.1. The van der Waals surface area contributed by atoms with E-state index in [4.69, 9.17) is 14.2 Å². The molecule has 452 valence electrons. The summed E-state index contributed by atoms with van der Waals surface area (Å²) in [5.74, 6) is -0.887. The van der Waals surface area contributed by atoms with Gasteiger partial charge in [-0.25, -0.2) is 0 Å². The lowest BCUT2D eigenvalue weighted by Crippen LogP contribution is -2.30. The summed E-state index contributed by atoms with van der Waals surface area (Å²) in [4.78, 5) is 38.2. The quantitative estimate of drug-likeness (QED) is 0.0261. The Morgan fingerprint density at radius 2 is 0.494 bits per heavy atom. The summed E-state index contributed by atoms with van der Waals surface area (Å²) in [5, 5.41) is 0. The normalized spacial score (nSPS) is 12.8. The van der Waals surface area contributed by atoms with E-state index in [0.29, 0.717) is 19.3 Å². The van der Waals surface area contributed by atoms with E-state index in [9.17, 15) is 14.4 Å². The SMILES string of the molecule is CC/C=C\C/C=C\C/C=C\C/C=C\C/C=C\CCCCCCCCCCCCCCCCCCCC(=O)OCC(COC(=O)CCCCCCCCCCC)OC(=O)CCCCCCCC/C=C\C/C=C\C/C=C\C/C=C\CC. The fraction of sp³-hybridized carbons (Fsp3) is 0.712. The molecule has 0 N–H and O–H groups in total. The first-order valence-electron chi connectivity index (χ1n) is 33.4. The van der Waals surface area contributed by atoms with Crippen LogP contribution >= 0.6 is 0 Å². The van der Waals surface area contributed by atoms with Gasteiger partial charge in [-0.15, -0.1) is 0 Å². The van der Waals surface area contributed by atoms with Crippen molar-refractivity contribution in [2.75, 3.05) is 13.2 Å². The second-order valence-corrected chi connectivity index (χ2v) is 22.0. The van der Waals surface area contributed by atoms with Crippen LogP contribution in [0.25, 0.3) is 0 Å². The van der Waals surface area contributed by atoms with E-state index in [1.54, 1.807) is 0 Å². The summed E-state index contributed by atoms with van der Waals surface area (Å²) in [7, 11) is 0. The second kappa shape index (κ2) is 66.6. The Hall–Kier alpha value is -3.93. The number of esters is 3. The van der Waals surface area contributed by atoms with Crippen LogP contribution in [0.4, 0.5) is 0 Å². The van der Waals surface area contributed by atoms with Gasteiger partial charge in [0.1, 0.15) is 13.2 Å². The van der Waals surface area contributed by atoms with Gasteiger partial charge in [-0.3, -0.25) is 14.4 Å². The third-order valence-corrected chi connectivity index (χ3v) is 14.3. The van der Waals surface area contributed by atoms with Crippen LogP contribution in [-0.2, 0) is 28.6 Å². The smallest absolute Gasteiger partial charge is 0.306 e. The molecule has 0 rings (SSSR count). The Morgan fingerprint density at radius 1 is 0.266 bits per heavy atom. The molecular formula is C73H124O6. The molecule has 0 aliphatic rings. The Kier molecular flexibility index (Phi) is 63.3. The Morgan fingerprint density at radius 3 is 0.772 bits per heavy atom. The summed E-state index contributed by atoms with van der Waals surface area (Å²) in [6, 6.07) is 0. The van der Waals surface area contributed by atoms with Crippen molar-refractivity contribution in [3.63, 3.8) is 0 Å². The molecule has 0 saturated carbocycles. The van der Waals surface area contributed by atoms with Crippen LogP contribution in [0.3, 0.4) is 0 Å². The highest BCUT2D eigenvalue weighted by Gasteiger charge is 2.19. The lowest BCUT2D eigenvalue weighted by molar-refractivity contribution is -0.167. The minimum absolute atomic E-state index is 0.0805. The van der Waals surface area contributed by atoms with Crippen molar-refractivity contribution in [1.82, 2.24) is 0 Å². The largest absolute Gasteiger partial charge is 0.462 e. The number of ether oxygens (including phenoxy) is 3. The summed E-state index contributed by atoms with van der Waals surface area (Å²) in [6.45, 7) is 6.41. The van der Waals surface area contributed by atoms with E-state index in [1.807, 2.05) is 0 Å². The summed E-state index contributed by atoms with van der Waals surface area (Å²) >= 11 is 0. The molecule has 0 fully saturated rings. The molecule has 0 bridgehead atoms. The maximum atomic E-state index is 12.9. The number of rotatable bonds is 60. The van der Waals surface area contributed by atoms with Gasteiger partial charge in [0.25, 0.3) is 0 Å². The van der Waals surface area contributed by atoms with E-state index in [0.717, 1.165) is 128 Å². The van der Waals surface area contributed by atoms with E-state index >= 15 is 0 Å². The number of unbranched alkanes of at least 4 members (excludes halogenated alkanes) is 31. The fourth-order valence-corrected chi connectivity index (χ4v) is 9.35. The number of hydrogen-bond donors (Lipinski definition) is 0. The van der Waals surface area contributed by atoms with Gasteiger partial charge in [0, 0.05) is 19.3 Å². The molecule has 6 heteroatoms. The van der Waals surface area contributed by atoms with Crippen LogP contribution < -0.4 is 0 Å². The molecular weight excluding hydrogens is 973 g/mol. The van der Waals surface area contributed by atoms with Crippen LogP contribution in [0.1, 0.15) is 316 Å². The first-order valence-corrected chi connectivity index (χ1v) is 33.4. The topological polar surface area (TPSA) is 78.9 Å². The molecule has 0 amide bonds. The number of allylic oxidation sites excluding steroid dienone is 18. The maximum absolute atomic E-state index is 12.9. The van der Waals surface area contributed by atoms with Gasteiger partial charge >= 0.3 is 17.9 Å². The van der Waals surface area contributed by atoms with Crippen molar-refractivity contribution < 1.29 is 28.6 Å². The van der Waals surface area contributed by atoms with Gasteiger partial charge in [-0.05, 0) is 103 Å². The predicted octanol–water partition coefficient (Wildman–Crippen LogP) is 23.0. The standard InChI is InChI=1S/C73H124O6/c1-4-7-10-13-16-19-21-23-25-27-29-30-31-32-33-34-35-36-37-38-39-40-41-42-44-45-47-49-51-54-57-60-63-66-72(75)78-69-70(68-77-71(74)65-62-59-56-53-18-15-12-9-6-3)79-73(76)67-64-61-58-55-52-50-48-46-43-28-26-24-22-20-17-14-11-8-5-2/h7-8,10-11,16-17,19-20,23-26,29-30,32-33,43,46,70H,4-6,9,12-15,18,21-22,27-28,31,34-42,44-45,47-69H2,1-3H3/b10-7-,11-8-,19-16-,20-17-,25-23-,26-24-,30-29-,33-32-,46-43-. The zero-order valence-electron chi connectivity index (χ0n) is 51.9. The molecule has 0 aliphatic carbocycles. The van der Waals surface area contributed by atoms with Crippen LogP contribution in [0.2, 0.25) is 0 Å². The summed E-state index contributed by atoms with van der Waals surface area (Å²) in [5.41, 5.74) is 0. The van der Waals surface area contributed by atoms with Gasteiger partial charge in [0.05, 0.1) is 0 Å². The maximum Gasteiger partial charge on any atom is 0.306 e. The molecule has 0 aromatic carbocycles. The summed E-state index contributed by atoms with van der Waals surface area (Å²) < 4.78 is 16.9. The molecule has 1 atom stereocenters. The molecule has 0 radical (unpaired) electrons. The van der Waals surface area contributed by atoms with Crippen LogP contribution in [0.5, 0.6) is 0 Å². The Bertz CT molecular complexity index is 1590. The monoisotopic (exact) mass is 1100 g/mol. The van der Waals surface area contributed by atoms with Gasteiger partial charge in [-0.1, -0.05) is 304 Å². The van der Waals surface area contributed by atoms with Crippen molar-refractivity contribution in [3.8, 4) is 0 Å². The molecule has 0 aromatic heterocycles. The minimum Gasteiger partial charge on any atom is -0.462 e. The van der Waals surface area contributed by atoms with E-state index in [1.165, 1.54) is 148 Å². The average Bonchev–Trinajstić information content (AvgIpc) is 3.45. The molecule has 79 heavy (non-hydrogen) atoms. The van der Waals surface area contributed by atoms with E-state index in [-0.39, 0.29) is 31.1 Å². The lowest BCUT2D eigenvalue weighted by Gasteiger charge is -2.18. The zero-order chi connectivity index (χ0) is 57.1. The molecule has 0 spiro atoms. The molecule has 0 heterocycles. The Balaban J connectivity index is 4.12. The molecule has 0 saturated heterocycles. The highest BCUT2D eigenvalue weighted by atomic mass is 16.6. The van der Waals surface area contributed by atoms with Crippen molar-refractivity contribution in [1.29, 1.82) is 0 Å². The highest BCUT2D eigenvalue weighted by molar-refractivity contribution is 5.71. The van der Waals surface area contributed by atoms with Gasteiger partial charge in [0.15, 0.2) is 6.10 Å². The van der Waals surface area contributed by atoms with Crippen molar-refractivity contribution >= 4 is 17.9 Å². The zero-order valence-corrected chi connectivity index (χ0v) is 51.9. The fourth-order valence-electron chi connectivity index (χ4n) is 9.35. The van der Waals surface area contributed by atoms with E-state index in [2.05, 4.69) is 130 Å². The van der Waals surface area contributed by atoms with Gasteiger partial charge < -0.3 is 14.2 Å². The average molecular weight is 1100 g/mol. The molecule has 1 unspecified atom stereocenters. The Labute approximate surface area is 489 Å². The third kappa shape index (κ3) is 64.8. The molecule has 0 aromatic rings. The number of carbonyl (C=O) groups is 3. The summed E-state index contributed by atoms with van der Waals surface area (Å²) in [6.07, 6.45) is 91.2. The predicted molar refractivity (Wildman–Crippen MR) is 343 cm³/mol. The second-order valence-electron chi connectivity index (χ2n) is 22.0. The molecule has 0 aliphatic heterocycles. The van der Waals surface area contributed by atoms with Crippen LogP contribution in [-0.4, -0.2) is 37.2 Å². The number of hydrogen-bond acceptors (Lipinski definition) is 6. The third-order valence-electron chi connectivity index (χ3n) is 14.3. The van der Waals surface area contributed by atoms with Crippen LogP contribution in [0, 0.1) is 0 Å².